The number of carboxylic acid groups (broad SMARTS) is 1. The molecule has 0 bridgehead atoms. The summed E-state index contributed by atoms with van der Waals surface area (Å²) >= 11 is 0. The van der Waals surface area contributed by atoms with Gasteiger partial charge in [0, 0.05) is 13.2 Å². The lowest BCUT2D eigenvalue weighted by molar-refractivity contribution is -0.140. The number of carbonyl (C=O) groups is 1. The van der Waals surface area contributed by atoms with Crippen molar-refractivity contribution in [1.82, 2.24) is 0 Å². The van der Waals surface area contributed by atoms with Crippen LogP contribution in [0.1, 0.15) is 6.92 Å². The summed E-state index contributed by atoms with van der Waals surface area (Å²) in [6.45, 7) is 27.8. The molecule has 1 N–H and O–H groups in total. The summed E-state index contributed by atoms with van der Waals surface area (Å²) < 4.78 is 40.3. The van der Waals surface area contributed by atoms with Crippen molar-refractivity contribution in [2.45, 2.75) is 116 Å². The summed E-state index contributed by atoms with van der Waals surface area (Å²) in [7, 11) is -14.6. The number of aliphatic carboxylic acids is 1. The number of rotatable bonds is 12. The predicted octanol–water partition coefficient (Wildman–Crippen LogP) is 6.61. The van der Waals surface area contributed by atoms with Gasteiger partial charge < -0.3 is 30.1 Å². The summed E-state index contributed by atoms with van der Waals surface area (Å²) in [5, 5.41) is 9.65. The molecule has 8 nitrogen and oxygen atoms in total. The minimum absolute atomic E-state index is 0.377. The van der Waals surface area contributed by atoms with Gasteiger partial charge in [0.15, 0.2) is 25.0 Å². The fourth-order valence-corrected chi connectivity index (χ4v) is 42.1. The maximum Gasteiger partial charge on any atom is 0.318 e. The fraction of sp³-hybridized carbons (Fsp3) is 0.952. The predicted molar refractivity (Wildman–Crippen MR) is 164 cm³/mol. The molecule has 4 unspecified atom stereocenters. The normalized spacial score (nSPS) is 30.9. The Bertz CT molecular complexity index is 763. The Morgan fingerprint density at radius 2 is 1.19 bits per heavy atom. The van der Waals surface area contributed by atoms with Crippen LogP contribution in [0.2, 0.25) is 109 Å². The Labute approximate surface area is 228 Å². The van der Waals surface area contributed by atoms with E-state index in [1.54, 1.807) is 14.0 Å². The Balaban J connectivity index is 3.37. The number of hydrogen-bond donors (Lipinski definition) is 1. The van der Waals surface area contributed by atoms with Gasteiger partial charge in [-0.15, -0.1) is 0 Å². The molecule has 0 aromatic rings. The highest BCUT2D eigenvalue weighted by atomic mass is 28.5. The molecule has 1 heterocycles. The second kappa shape index (κ2) is 12.1. The van der Waals surface area contributed by atoms with Crippen molar-refractivity contribution in [3.05, 3.63) is 0 Å². The van der Waals surface area contributed by atoms with E-state index in [2.05, 4.69) is 58.9 Å². The van der Waals surface area contributed by atoms with Gasteiger partial charge in [-0.1, -0.05) is 6.92 Å². The van der Waals surface area contributed by atoms with Crippen molar-refractivity contribution in [3.8, 4) is 0 Å². The second-order valence-electron chi connectivity index (χ2n) is 13.6. The van der Waals surface area contributed by atoms with Crippen molar-refractivity contribution in [2.24, 2.45) is 5.92 Å². The first-order valence-corrected chi connectivity index (χ1v) is 33.1. The average Bonchev–Trinajstić information content (AvgIpc) is 2.60. The molecular weight excluding hydrogens is 577 g/mol. The quantitative estimate of drug-likeness (QED) is 0.241. The zero-order chi connectivity index (χ0) is 28.4. The lowest BCUT2D eigenvalue weighted by Gasteiger charge is -2.50. The van der Waals surface area contributed by atoms with Crippen molar-refractivity contribution >= 4 is 65.2 Å². The van der Waals surface area contributed by atoms with Crippen LogP contribution < -0.4 is 0 Å². The Morgan fingerprint density at radius 1 is 0.778 bits per heavy atom. The number of hydrogen-bond acceptors (Lipinski definition) is 7. The molecule has 36 heavy (non-hydrogen) atoms. The van der Waals surface area contributed by atoms with Crippen LogP contribution in [-0.2, 0) is 29.8 Å². The van der Waals surface area contributed by atoms with Gasteiger partial charge in [0.05, 0.1) is 5.92 Å². The molecular formula is C21H54O8Si7. The van der Waals surface area contributed by atoms with Crippen molar-refractivity contribution in [3.63, 3.8) is 0 Å². The van der Waals surface area contributed by atoms with E-state index in [0.29, 0.717) is 6.04 Å². The van der Waals surface area contributed by atoms with Crippen molar-refractivity contribution in [2.75, 3.05) is 7.11 Å². The topological polar surface area (TPSA) is 92.7 Å². The monoisotopic (exact) mass is 630 g/mol. The minimum Gasteiger partial charge on any atom is -0.481 e. The maximum absolute atomic E-state index is 11.8. The molecule has 0 spiro atoms. The van der Waals surface area contributed by atoms with Crippen LogP contribution in [0.15, 0.2) is 0 Å². The first-order chi connectivity index (χ1) is 15.8. The van der Waals surface area contributed by atoms with Crippen LogP contribution in [0.5, 0.6) is 0 Å². The zero-order valence-corrected chi connectivity index (χ0v) is 32.4. The minimum atomic E-state index is -2.91. The molecule has 0 saturated carbocycles. The molecule has 1 aliphatic heterocycles. The van der Waals surface area contributed by atoms with Gasteiger partial charge in [0.1, 0.15) is 0 Å². The molecule has 0 aromatic heterocycles. The highest BCUT2D eigenvalue weighted by Gasteiger charge is 2.56. The Hall–Kier alpha value is 0.748. The molecule has 1 fully saturated rings. The summed E-state index contributed by atoms with van der Waals surface area (Å²) in [6.07, 6.45) is 0. The van der Waals surface area contributed by atoms with Crippen LogP contribution >= 0.6 is 0 Å². The Kier molecular flexibility index (Phi) is 11.7. The molecule has 1 saturated heterocycles. The van der Waals surface area contributed by atoms with E-state index in [0.717, 1.165) is 24.2 Å². The molecule has 0 amide bonds. The molecule has 15 heteroatoms. The van der Waals surface area contributed by atoms with Gasteiger partial charge in [0.25, 0.3) is 0 Å². The second-order valence-corrected chi connectivity index (χ2v) is 41.4. The third-order valence-electron chi connectivity index (χ3n) is 6.38. The van der Waals surface area contributed by atoms with Crippen LogP contribution in [-0.4, -0.2) is 77.4 Å². The molecule has 0 aromatic carbocycles. The first-order valence-electron chi connectivity index (χ1n) is 13.1. The van der Waals surface area contributed by atoms with Crippen LogP contribution in [0.4, 0.5) is 0 Å². The molecule has 4 atom stereocenters. The highest BCUT2D eigenvalue weighted by Crippen LogP contribution is 2.39. The van der Waals surface area contributed by atoms with Gasteiger partial charge >= 0.3 is 40.2 Å². The first kappa shape index (κ1) is 34.8. The van der Waals surface area contributed by atoms with E-state index in [9.17, 15) is 9.90 Å². The molecule has 0 aliphatic carbocycles. The van der Waals surface area contributed by atoms with E-state index in [4.69, 9.17) is 25.0 Å². The molecule has 1 rings (SSSR count). The average molecular weight is 631 g/mol. The Morgan fingerprint density at radius 3 is 1.64 bits per heavy atom. The number of carboxylic acids is 1. The summed E-state index contributed by atoms with van der Waals surface area (Å²) in [4.78, 5) is 11.8. The highest BCUT2D eigenvalue weighted by molar-refractivity contribution is 6.94. The van der Waals surface area contributed by atoms with Gasteiger partial charge in [0.2, 0.25) is 0 Å². The van der Waals surface area contributed by atoms with Gasteiger partial charge in [-0.25, -0.2) is 0 Å². The van der Waals surface area contributed by atoms with Crippen LogP contribution in [0.25, 0.3) is 0 Å². The van der Waals surface area contributed by atoms with Crippen molar-refractivity contribution in [1.29, 1.82) is 0 Å². The lowest BCUT2D eigenvalue weighted by Crippen LogP contribution is -2.67. The third kappa shape index (κ3) is 12.3. The van der Waals surface area contributed by atoms with Gasteiger partial charge in [-0.3, -0.25) is 4.79 Å². The fourth-order valence-electron chi connectivity index (χ4n) is 5.01. The van der Waals surface area contributed by atoms with Gasteiger partial charge in [-0.2, -0.15) is 0 Å². The zero-order valence-electron chi connectivity index (χ0n) is 25.4. The van der Waals surface area contributed by atoms with E-state index in [1.807, 2.05) is 19.6 Å². The largest absolute Gasteiger partial charge is 0.481 e. The van der Waals surface area contributed by atoms with Crippen LogP contribution in [0, 0.1) is 5.92 Å². The van der Waals surface area contributed by atoms with E-state index >= 15 is 0 Å². The van der Waals surface area contributed by atoms with E-state index in [1.165, 1.54) is 0 Å². The standard InChI is InChI=1S/C21H54O8Si7/c1-20(21(22)23)19-36(14)27-33(10,11)26-34(12,17-15-31(6,7)24-2)28-35(13,29-36)18-16-32(8,9)25-30(3,4)5/h20H,15-19H2,1-14H3,(H,22,23). The summed E-state index contributed by atoms with van der Waals surface area (Å²) in [5.74, 6) is -1.38. The van der Waals surface area contributed by atoms with Gasteiger partial charge in [-0.05, 0) is 103 Å². The van der Waals surface area contributed by atoms with E-state index < -0.39 is 71.1 Å². The SMILES string of the molecule is CO[Si](C)(C)CC[Si]1(C)O[Si](C)(C)O[Si](C)(CC(C)C(=O)O)O[Si](C)(CC[Si](C)(C)O[Si](C)(C)C)O1. The molecule has 1 aliphatic rings. The van der Waals surface area contributed by atoms with Crippen molar-refractivity contribution < 1.29 is 34.9 Å². The summed E-state index contributed by atoms with van der Waals surface area (Å²) in [5.41, 5.74) is 0. The maximum atomic E-state index is 11.8. The molecule has 214 valence electrons. The lowest BCUT2D eigenvalue weighted by atomic mass is 10.2. The third-order valence-corrected chi connectivity index (χ3v) is 34.0. The van der Waals surface area contributed by atoms with Crippen LogP contribution in [0.3, 0.4) is 0 Å². The summed E-state index contributed by atoms with van der Waals surface area (Å²) in [6, 6.07) is 3.89. The van der Waals surface area contributed by atoms with E-state index in [-0.39, 0.29) is 0 Å². The smallest absolute Gasteiger partial charge is 0.318 e. The molecule has 0 radical (unpaired) electrons.